The number of nitrogens with zero attached hydrogens (tertiary/aromatic N) is 1. The van der Waals surface area contributed by atoms with Crippen LogP contribution in [0.25, 0.3) is 0 Å². The second-order valence-electron chi connectivity index (χ2n) is 2.39. The Kier molecular flexibility index (Phi) is 3.10. The molecule has 0 aliphatic carbocycles. The van der Waals surface area contributed by atoms with E-state index in [4.69, 9.17) is 4.55 Å². The molecule has 0 heterocycles. The summed E-state index contributed by atoms with van der Waals surface area (Å²) in [5.41, 5.74) is 0.415. The average Bonchev–Trinajstić information content (AvgIpc) is 2.03. The molecule has 1 unspecified atom stereocenters. The predicted octanol–water partition coefficient (Wildman–Crippen LogP) is 1.32. The lowest BCUT2D eigenvalue weighted by Crippen LogP contribution is -1.94. The minimum atomic E-state index is -1.96. The number of nitro groups is 1. The second-order valence-corrected chi connectivity index (χ2v) is 3.32. The molecule has 70 valence electrons. The van der Waals surface area contributed by atoms with Crippen molar-refractivity contribution in [3.8, 4) is 0 Å². The Morgan fingerprint density at radius 2 is 2.23 bits per heavy atom. The summed E-state index contributed by atoms with van der Waals surface area (Å²) in [6.45, 7) is 0. The molecule has 1 aromatic rings. The molecule has 0 aromatic heterocycles. The maximum atomic E-state index is 10.4. The largest absolute Gasteiger partial charge is 0.306 e. The van der Waals surface area contributed by atoms with E-state index in [9.17, 15) is 14.3 Å². The van der Waals surface area contributed by atoms with Crippen LogP contribution in [0.15, 0.2) is 24.3 Å². The van der Waals surface area contributed by atoms with Gasteiger partial charge in [0.15, 0.2) is 11.1 Å². The number of non-ortho nitro benzene ring substituents is 1. The van der Waals surface area contributed by atoms with Gasteiger partial charge < -0.3 is 4.55 Å². The van der Waals surface area contributed by atoms with Crippen LogP contribution in [0.3, 0.4) is 0 Å². The Morgan fingerprint density at radius 3 is 2.77 bits per heavy atom. The molecule has 0 bridgehead atoms. The Balaban J connectivity index is 2.91. The first-order valence-corrected chi connectivity index (χ1v) is 4.68. The Morgan fingerprint density at radius 1 is 1.54 bits per heavy atom. The van der Waals surface area contributed by atoms with Gasteiger partial charge in [-0.2, -0.15) is 0 Å². The molecule has 6 heteroatoms. The van der Waals surface area contributed by atoms with E-state index in [2.05, 4.69) is 0 Å². The second kappa shape index (κ2) is 4.11. The van der Waals surface area contributed by atoms with Crippen molar-refractivity contribution in [1.29, 1.82) is 0 Å². The lowest BCUT2D eigenvalue weighted by atomic mass is 10.2. The molecule has 1 N–H and O–H groups in total. The van der Waals surface area contributed by atoms with Crippen LogP contribution in [0, 0.1) is 10.1 Å². The first kappa shape index (κ1) is 9.82. The quantitative estimate of drug-likeness (QED) is 0.454. The van der Waals surface area contributed by atoms with E-state index in [0.29, 0.717) is 5.56 Å². The molecule has 1 aromatic carbocycles. The van der Waals surface area contributed by atoms with Gasteiger partial charge in [-0.25, -0.2) is 4.21 Å². The molecule has 1 atom stereocenters. The molecule has 0 saturated heterocycles. The van der Waals surface area contributed by atoms with Crippen molar-refractivity contribution in [2.24, 2.45) is 0 Å². The van der Waals surface area contributed by atoms with Crippen LogP contribution in [-0.2, 0) is 16.8 Å². The van der Waals surface area contributed by atoms with Gasteiger partial charge in [0.05, 0.1) is 10.7 Å². The fourth-order valence-corrected chi connectivity index (χ4v) is 1.37. The van der Waals surface area contributed by atoms with Gasteiger partial charge in [0, 0.05) is 12.1 Å². The van der Waals surface area contributed by atoms with E-state index in [0.717, 1.165) is 0 Å². The molecule has 5 nitrogen and oxygen atoms in total. The summed E-state index contributed by atoms with van der Waals surface area (Å²) < 4.78 is 18.9. The first-order chi connectivity index (χ1) is 6.09. The van der Waals surface area contributed by atoms with Crippen LogP contribution in [0.2, 0.25) is 0 Å². The zero-order valence-corrected chi connectivity index (χ0v) is 7.36. The molecule has 0 fully saturated rings. The minimum Gasteiger partial charge on any atom is -0.306 e. The van der Waals surface area contributed by atoms with Crippen molar-refractivity contribution in [1.82, 2.24) is 0 Å². The summed E-state index contributed by atoms with van der Waals surface area (Å²) in [5, 5.41) is 10.3. The van der Waals surface area contributed by atoms with Crippen molar-refractivity contribution >= 4 is 16.8 Å². The van der Waals surface area contributed by atoms with Gasteiger partial charge in [-0.1, -0.05) is 12.1 Å². The number of hydrogen-bond acceptors (Lipinski definition) is 3. The monoisotopic (exact) mass is 201 g/mol. The zero-order chi connectivity index (χ0) is 9.84. The maximum Gasteiger partial charge on any atom is 0.269 e. The van der Waals surface area contributed by atoms with E-state index in [1.54, 1.807) is 6.07 Å². The normalized spacial score (nSPS) is 12.4. The van der Waals surface area contributed by atoms with E-state index in [1.807, 2.05) is 0 Å². The van der Waals surface area contributed by atoms with E-state index < -0.39 is 16.0 Å². The highest BCUT2D eigenvalue weighted by Gasteiger charge is 2.06. The van der Waals surface area contributed by atoms with Crippen molar-refractivity contribution in [3.63, 3.8) is 0 Å². The lowest BCUT2D eigenvalue weighted by Gasteiger charge is -1.96. The van der Waals surface area contributed by atoms with E-state index in [1.165, 1.54) is 18.2 Å². The molecular weight excluding hydrogens is 194 g/mol. The van der Waals surface area contributed by atoms with Crippen LogP contribution in [0.4, 0.5) is 5.69 Å². The van der Waals surface area contributed by atoms with Crippen LogP contribution in [0.1, 0.15) is 5.56 Å². The lowest BCUT2D eigenvalue weighted by molar-refractivity contribution is -0.384. The highest BCUT2D eigenvalue weighted by Crippen LogP contribution is 2.13. The molecule has 0 aliphatic rings. The van der Waals surface area contributed by atoms with Crippen molar-refractivity contribution in [2.75, 3.05) is 0 Å². The summed E-state index contributed by atoms with van der Waals surface area (Å²) in [5.74, 6) is -0.0817. The summed E-state index contributed by atoms with van der Waals surface area (Å²) in [6, 6.07) is 5.68. The Labute approximate surface area is 76.8 Å². The van der Waals surface area contributed by atoms with E-state index in [-0.39, 0.29) is 11.4 Å². The van der Waals surface area contributed by atoms with Crippen molar-refractivity contribution in [3.05, 3.63) is 39.9 Å². The third-order valence-electron chi connectivity index (χ3n) is 1.41. The van der Waals surface area contributed by atoms with Crippen LogP contribution in [0.5, 0.6) is 0 Å². The van der Waals surface area contributed by atoms with Crippen LogP contribution in [-0.4, -0.2) is 13.7 Å². The van der Waals surface area contributed by atoms with Gasteiger partial charge in [0.25, 0.3) is 5.69 Å². The summed E-state index contributed by atoms with van der Waals surface area (Å²) in [7, 11) is 0. The van der Waals surface area contributed by atoms with Gasteiger partial charge in [-0.15, -0.1) is 0 Å². The highest BCUT2D eigenvalue weighted by molar-refractivity contribution is 7.78. The molecule has 0 radical (unpaired) electrons. The first-order valence-electron chi connectivity index (χ1n) is 3.40. The third kappa shape index (κ3) is 2.92. The van der Waals surface area contributed by atoms with Crippen LogP contribution < -0.4 is 0 Å². The van der Waals surface area contributed by atoms with Crippen LogP contribution >= 0.6 is 0 Å². The minimum absolute atomic E-state index is 0.0667. The zero-order valence-electron chi connectivity index (χ0n) is 6.54. The molecule has 0 spiro atoms. The summed E-state index contributed by atoms with van der Waals surface area (Å²) in [4.78, 5) is 9.77. The van der Waals surface area contributed by atoms with Crippen molar-refractivity contribution in [2.45, 2.75) is 5.75 Å². The smallest absolute Gasteiger partial charge is 0.269 e. The number of nitro benzene ring substituents is 1. The van der Waals surface area contributed by atoms with Gasteiger partial charge in [0.2, 0.25) is 0 Å². The van der Waals surface area contributed by atoms with E-state index >= 15 is 0 Å². The van der Waals surface area contributed by atoms with Gasteiger partial charge >= 0.3 is 0 Å². The summed E-state index contributed by atoms with van der Waals surface area (Å²) >= 11 is -1.96. The van der Waals surface area contributed by atoms with Gasteiger partial charge in [-0.05, 0) is 5.56 Å². The summed E-state index contributed by atoms with van der Waals surface area (Å²) in [6.07, 6.45) is 0. The maximum absolute atomic E-state index is 10.4. The number of benzene rings is 1. The molecule has 0 aliphatic heterocycles. The SMILES string of the molecule is O=[N+]([O-])c1cccc(CS(=O)O)c1. The van der Waals surface area contributed by atoms with Gasteiger partial charge in [-0.3, -0.25) is 10.1 Å². The predicted molar refractivity (Wildman–Crippen MR) is 47.6 cm³/mol. The average molecular weight is 201 g/mol. The third-order valence-corrected chi connectivity index (χ3v) is 1.99. The highest BCUT2D eigenvalue weighted by atomic mass is 32.2. The fourth-order valence-electron chi connectivity index (χ4n) is 0.902. The molecule has 1 rings (SSSR count). The van der Waals surface area contributed by atoms with Crippen molar-refractivity contribution < 1.29 is 13.7 Å². The Bertz CT molecular complexity index is 352. The fraction of sp³-hybridized carbons (Fsp3) is 0.143. The molecule has 13 heavy (non-hydrogen) atoms. The molecule has 0 saturated carbocycles. The number of hydrogen-bond donors (Lipinski definition) is 1. The molecule has 0 amide bonds. The molecular formula is C7H7NO4S. The standard InChI is InChI=1S/C7H7NO4S/c9-8(10)7-3-1-2-6(4-7)5-13(11)12/h1-4H,5H2,(H,11,12). The number of rotatable bonds is 3. The Hall–Kier alpha value is -1.27. The topological polar surface area (TPSA) is 80.4 Å². The van der Waals surface area contributed by atoms with Gasteiger partial charge in [0.1, 0.15) is 0 Å².